The maximum absolute atomic E-state index is 5.46. The van der Waals surface area contributed by atoms with Gasteiger partial charge in [0.15, 0.2) is 0 Å². The van der Waals surface area contributed by atoms with E-state index in [1.165, 1.54) is 0 Å². The van der Waals surface area contributed by atoms with Gasteiger partial charge in [-0.1, -0.05) is 0 Å². The Hall–Kier alpha value is -0.650. The van der Waals surface area contributed by atoms with Crippen LogP contribution in [0.1, 0.15) is 22.5 Å². The number of thiazole rings is 1. The highest BCUT2D eigenvalue weighted by Gasteiger charge is 2.17. The van der Waals surface area contributed by atoms with E-state index in [9.17, 15) is 0 Å². The molecule has 0 aromatic carbocycles. The van der Waals surface area contributed by atoms with Crippen molar-refractivity contribution in [3.63, 3.8) is 0 Å². The van der Waals surface area contributed by atoms with Crippen molar-refractivity contribution in [1.29, 1.82) is 0 Å². The standard InChI is InChI=1S/C11H13BrN2OS/c1-7-6-16-10(14-7)5-9(13-2)11-8(12)3-4-15-11/h3-4,6,9,13H,5H2,1-2H3. The Bertz CT molecular complexity index is 466. The molecule has 3 nitrogen and oxygen atoms in total. The molecule has 1 N–H and O–H groups in total. The molecule has 16 heavy (non-hydrogen) atoms. The van der Waals surface area contributed by atoms with Crippen molar-refractivity contribution in [2.75, 3.05) is 7.05 Å². The Balaban J connectivity index is 2.15. The summed E-state index contributed by atoms with van der Waals surface area (Å²) in [6, 6.07) is 2.07. The number of hydrogen-bond acceptors (Lipinski definition) is 4. The molecule has 0 fully saturated rings. The summed E-state index contributed by atoms with van der Waals surface area (Å²) >= 11 is 5.16. The van der Waals surface area contributed by atoms with Crippen molar-refractivity contribution in [2.45, 2.75) is 19.4 Å². The predicted octanol–water partition coefficient (Wildman–Crippen LogP) is 3.31. The Morgan fingerprint density at radius 1 is 1.62 bits per heavy atom. The smallest absolute Gasteiger partial charge is 0.135 e. The van der Waals surface area contributed by atoms with Gasteiger partial charge < -0.3 is 9.73 Å². The first kappa shape index (κ1) is 11.8. The van der Waals surface area contributed by atoms with Crippen molar-refractivity contribution in [1.82, 2.24) is 10.3 Å². The first-order chi connectivity index (χ1) is 7.70. The van der Waals surface area contributed by atoms with E-state index >= 15 is 0 Å². The lowest BCUT2D eigenvalue weighted by Crippen LogP contribution is -2.18. The van der Waals surface area contributed by atoms with E-state index in [-0.39, 0.29) is 6.04 Å². The topological polar surface area (TPSA) is 38.1 Å². The summed E-state index contributed by atoms with van der Waals surface area (Å²) in [7, 11) is 1.93. The Kier molecular flexibility index (Phi) is 3.78. The van der Waals surface area contributed by atoms with Crippen LogP contribution in [0.4, 0.5) is 0 Å². The molecule has 0 spiro atoms. The van der Waals surface area contributed by atoms with Gasteiger partial charge >= 0.3 is 0 Å². The van der Waals surface area contributed by atoms with E-state index in [4.69, 9.17) is 4.42 Å². The first-order valence-corrected chi connectivity index (χ1v) is 6.69. The fraction of sp³-hybridized carbons (Fsp3) is 0.364. The Labute approximate surface area is 107 Å². The third-order valence-corrected chi connectivity index (χ3v) is 4.00. The second-order valence-corrected chi connectivity index (χ2v) is 5.36. The zero-order valence-corrected chi connectivity index (χ0v) is 11.6. The fourth-order valence-electron chi connectivity index (χ4n) is 1.55. The van der Waals surface area contributed by atoms with Crippen molar-refractivity contribution in [3.05, 3.63) is 38.6 Å². The molecule has 1 atom stereocenters. The van der Waals surface area contributed by atoms with E-state index in [0.717, 1.165) is 27.4 Å². The molecule has 0 aliphatic heterocycles. The normalized spacial score (nSPS) is 12.9. The third-order valence-electron chi connectivity index (χ3n) is 2.36. The molecule has 2 heterocycles. The van der Waals surface area contributed by atoms with Crippen LogP contribution in [-0.4, -0.2) is 12.0 Å². The van der Waals surface area contributed by atoms with E-state index in [2.05, 4.69) is 31.6 Å². The van der Waals surface area contributed by atoms with Crippen LogP contribution in [-0.2, 0) is 6.42 Å². The second-order valence-electron chi connectivity index (χ2n) is 3.56. The Morgan fingerprint density at radius 2 is 2.44 bits per heavy atom. The minimum Gasteiger partial charge on any atom is -0.466 e. The van der Waals surface area contributed by atoms with Crippen LogP contribution < -0.4 is 5.32 Å². The SMILES string of the molecule is CNC(Cc1nc(C)cs1)c1occc1Br. The van der Waals surface area contributed by atoms with E-state index < -0.39 is 0 Å². The van der Waals surface area contributed by atoms with E-state index in [1.807, 2.05) is 20.0 Å². The second kappa shape index (κ2) is 5.12. The van der Waals surface area contributed by atoms with Crippen molar-refractivity contribution < 1.29 is 4.42 Å². The molecule has 2 aromatic rings. The number of nitrogens with one attached hydrogen (secondary N) is 1. The van der Waals surface area contributed by atoms with Gasteiger partial charge in [0.25, 0.3) is 0 Å². The molecule has 86 valence electrons. The molecular formula is C11H13BrN2OS. The van der Waals surface area contributed by atoms with Crippen molar-refractivity contribution >= 4 is 27.3 Å². The quantitative estimate of drug-likeness (QED) is 0.941. The highest BCUT2D eigenvalue weighted by molar-refractivity contribution is 9.10. The predicted molar refractivity (Wildman–Crippen MR) is 68.8 cm³/mol. The average molecular weight is 301 g/mol. The number of rotatable bonds is 4. The molecule has 0 aliphatic carbocycles. The van der Waals surface area contributed by atoms with Gasteiger partial charge in [-0.15, -0.1) is 11.3 Å². The van der Waals surface area contributed by atoms with E-state index in [0.29, 0.717) is 0 Å². The van der Waals surface area contributed by atoms with Gasteiger partial charge in [-0.25, -0.2) is 4.98 Å². The first-order valence-electron chi connectivity index (χ1n) is 5.02. The summed E-state index contributed by atoms with van der Waals surface area (Å²) in [6.45, 7) is 2.01. The maximum Gasteiger partial charge on any atom is 0.135 e. The molecule has 0 aliphatic rings. The van der Waals surface area contributed by atoms with E-state index in [1.54, 1.807) is 17.6 Å². The zero-order valence-electron chi connectivity index (χ0n) is 9.16. The number of aromatic nitrogens is 1. The zero-order chi connectivity index (χ0) is 11.5. The van der Waals surface area contributed by atoms with Crippen LogP contribution in [0.3, 0.4) is 0 Å². The average Bonchev–Trinajstić information content (AvgIpc) is 2.84. The van der Waals surface area contributed by atoms with Crippen LogP contribution in [0.2, 0.25) is 0 Å². The largest absolute Gasteiger partial charge is 0.466 e. The lowest BCUT2D eigenvalue weighted by molar-refractivity contribution is 0.426. The molecule has 0 bridgehead atoms. The minimum absolute atomic E-state index is 0.162. The summed E-state index contributed by atoms with van der Waals surface area (Å²) in [5, 5.41) is 6.44. The number of aryl methyl sites for hydroxylation is 1. The maximum atomic E-state index is 5.46. The summed E-state index contributed by atoms with van der Waals surface area (Å²) in [4.78, 5) is 4.46. The fourth-order valence-corrected chi connectivity index (χ4v) is 2.85. The molecule has 2 aromatic heterocycles. The van der Waals surface area contributed by atoms with Crippen LogP contribution in [0.25, 0.3) is 0 Å². The van der Waals surface area contributed by atoms with Gasteiger partial charge in [0, 0.05) is 17.5 Å². The molecule has 0 amide bonds. The lowest BCUT2D eigenvalue weighted by atomic mass is 10.1. The van der Waals surface area contributed by atoms with Crippen molar-refractivity contribution in [3.8, 4) is 0 Å². The Morgan fingerprint density at radius 3 is 2.94 bits per heavy atom. The summed E-state index contributed by atoms with van der Waals surface area (Å²) in [5.41, 5.74) is 1.08. The van der Waals surface area contributed by atoms with Gasteiger partial charge in [0.05, 0.1) is 21.8 Å². The molecule has 1 unspecified atom stereocenters. The molecule has 0 radical (unpaired) electrons. The number of likely N-dealkylation sites (N-methyl/N-ethyl adjacent to an activating group) is 1. The summed E-state index contributed by atoms with van der Waals surface area (Å²) in [6.07, 6.45) is 2.54. The number of hydrogen-bond donors (Lipinski definition) is 1. The van der Waals surface area contributed by atoms with Gasteiger partial charge in [-0.3, -0.25) is 0 Å². The van der Waals surface area contributed by atoms with Crippen molar-refractivity contribution in [2.24, 2.45) is 0 Å². The molecule has 0 saturated carbocycles. The number of halogens is 1. The summed E-state index contributed by atoms with van der Waals surface area (Å²) in [5.74, 6) is 0.926. The highest BCUT2D eigenvalue weighted by Crippen LogP contribution is 2.27. The van der Waals surface area contributed by atoms with Gasteiger partial charge in [-0.05, 0) is 36.0 Å². The van der Waals surface area contributed by atoms with Gasteiger partial charge in [0.1, 0.15) is 5.76 Å². The number of furan rings is 1. The van der Waals surface area contributed by atoms with Crippen LogP contribution >= 0.6 is 27.3 Å². The van der Waals surface area contributed by atoms with Gasteiger partial charge in [-0.2, -0.15) is 0 Å². The van der Waals surface area contributed by atoms with Crippen LogP contribution in [0.5, 0.6) is 0 Å². The lowest BCUT2D eigenvalue weighted by Gasteiger charge is -2.12. The summed E-state index contributed by atoms with van der Waals surface area (Å²) < 4.78 is 6.46. The van der Waals surface area contributed by atoms with Gasteiger partial charge in [0.2, 0.25) is 0 Å². The molecule has 5 heteroatoms. The minimum atomic E-state index is 0.162. The molecule has 2 rings (SSSR count). The molecule has 0 saturated heterocycles. The monoisotopic (exact) mass is 300 g/mol. The number of nitrogens with zero attached hydrogens (tertiary/aromatic N) is 1. The molecular weight excluding hydrogens is 288 g/mol. The van der Waals surface area contributed by atoms with Crippen LogP contribution in [0, 0.1) is 6.92 Å². The third kappa shape index (κ3) is 2.53. The highest BCUT2D eigenvalue weighted by atomic mass is 79.9. The van der Waals surface area contributed by atoms with Crippen LogP contribution in [0.15, 0.2) is 26.6 Å².